The molecule has 1 amide bonds. The predicted molar refractivity (Wildman–Crippen MR) is 100 cm³/mol. The molecule has 3 aromatic rings. The van der Waals surface area contributed by atoms with Gasteiger partial charge in [0.05, 0.1) is 34.3 Å². The number of imidazole rings is 1. The lowest BCUT2D eigenvalue weighted by Gasteiger charge is -2.17. The van der Waals surface area contributed by atoms with Gasteiger partial charge in [0.25, 0.3) is 0 Å². The number of carbonyl (C=O) groups excluding carboxylic acids is 1. The van der Waals surface area contributed by atoms with Crippen LogP contribution in [0.25, 0.3) is 16.7 Å². The highest BCUT2D eigenvalue weighted by Gasteiger charge is 2.33. The quantitative estimate of drug-likeness (QED) is 0.592. The summed E-state index contributed by atoms with van der Waals surface area (Å²) in [4.78, 5) is 16.4. The molecule has 160 valence electrons. The van der Waals surface area contributed by atoms with Gasteiger partial charge in [0.2, 0.25) is 11.9 Å². The number of anilines is 1. The number of alkyl halides is 3. The summed E-state index contributed by atoms with van der Waals surface area (Å²) in [6, 6.07) is 4.41. The molecule has 0 saturated carbocycles. The Morgan fingerprint density at radius 2 is 1.70 bits per heavy atom. The van der Waals surface area contributed by atoms with Crippen LogP contribution < -0.4 is 5.32 Å². The van der Waals surface area contributed by atoms with Gasteiger partial charge in [-0.05, 0) is 50.6 Å². The molecule has 0 fully saturated rings. The van der Waals surface area contributed by atoms with E-state index in [1.807, 2.05) is 0 Å². The van der Waals surface area contributed by atoms with E-state index in [0.29, 0.717) is 6.07 Å². The number of rotatable bonds is 4. The third-order valence-electron chi connectivity index (χ3n) is 4.26. The molecule has 0 aliphatic rings. The van der Waals surface area contributed by atoms with Crippen LogP contribution in [0.3, 0.4) is 0 Å². The van der Waals surface area contributed by atoms with E-state index in [1.165, 1.54) is 26.8 Å². The second-order valence-electron chi connectivity index (χ2n) is 7.59. The number of aryl methyl sites for hydroxylation is 1. The van der Waals surface area contributed by atoms with Gasteiger partial charge in [0, 0.05) is 6.07 Å². The number of benzene rings is 2. The summed E-state index contributed by atoms with van der Waals surface area (Å²) < 4.78 is 68.8. The summed E-state index contributed by atoms with van der Waals surface area (Å²) >= 11 is 0. The zero-order valence-electron chi connectivity index (χ0n) is 16.2. The number of carbonyl (C=O) groups is 1. The van der Waals surface area contributed by atoms with E-state index in [0.717, 1.165) is 22.8 Å². The number of halogens is 5. The maximum Gasteiger partial charge on any atom is 0.416 e. The summed E-state index contributed by atoms with van der Waals surface area (Å²) in [5.41, 5.74) is -2.57. The molecule has 10 heteroatoms. The molecule has 0 unspecified atom stereocenters. The van der Waals surface area contributed by atoms with Crippen LogP contribution in [-0.4, -0.2) is 26.2 Å². The number of amides is 1. The van der Waals surface area contributed by atoms with Crippen molar-refractivity contribution < 1.29 is 31.9 Å². The average molecular weight is 427 g/mol. The first-order valence-corrected chi connectivity index (χ1v) is 8.83. The first-order valence-electron chi connectivity index (χ1n) is 8.83. The van der Waals surface area contributed by atoms with Gasteiger partial charge in [0.1, 0.15) is 11.6 Å². The van der Waals surface area contributed by atoms with Crippen molar-refractivity contribution in [3.63, 3.8) is 0 Å². The molecule has 2 aromatic carbocycles. The third-order valence-corrected chi connectivity index (χ3v) is 4.26. The van der Waals surface area contributed by atoms with Gasteiger partial charge in [-0.1, -0.05) is 0 Å². The van der Waals surface area contributed by atoms with E-state index in [1.54, 1.807) is 0 Å². The van der Waals surface area contributed by atoms with Crippen molar-refractivity contribution in [2.75, 3.05) is 5.32 Å². The van der Waals surface area contributed by atoms with Crippen LogP contribution in [-0.2, 0) is 11.0 Å². The number of nitrogens with one attached hydrogen (secondary N) is 1. The van der Waals surface area contributed by atoms with Crippen LogP contribution in [0, 0.1) is 18.6 Å². The third kappa shape index (κ3) is 4.59. The van der Waals surface area contributed by atoms with E-state index in [-0.39, 0.29) is 34.7 Å². The number of hydrogen-bond acceptors (Lipinski definition) is 3. The minimum atomic E-state index is -4.66. The number of hydrogen-bond donors (Lipinski definition) is 2. The maximum absolute atomic E-state index is 13.8. The van der Waals surface area contributed by atoms with Crippen LogP contribution in [0.2, 0.25) is 0 Å². The Hall–Kier alpha value is -3.01. The number of fused-ring (bicyclic) bond motifs is 1. The Kier molecular flexibility index (Phi) is 5.32. The second kappa shape index (κ2) is 7.35. The second-order valence-corrected chi connectivity index (χ2v) is 7.59. The molecule has 30 heavy (non-hydrogen) atoms. The van der Waals surface area contributed by atoms with E-state index < -0.39 is 34.9 Å². The van der Waals surface area contributed by atoms with Crippen molar-refractivity contribution in [1.29, 1.82) is 0 Å². The predicted octanol–water partition coefficient (Wildman–Crippen LogP) is 4.73. The van der Waals surface area contributed by atoms with Gasteiger partial charge in [-0.15, -0.1) is 0 Å². The molecule has 1 aromatic heterocycles. The zero-order valence-corrected chi connectivity index (χ0v) is 16.2. The van der Waals surface area contributed by atoms with E-state index in [9.17, 15) is 31.9 Å². The number of nitrogens with zero attached hydrogens (tertiary/aromatic N) is 2. The van der Waals surface area contributed by atoms with Gasteiger partial charge in [0.15, 0.2) is 0 Å². The molecule has 0 bridgehead atoms. The normalized spacial score (nSPS) is 12.4. The lowest BCUT2D eigenvalue weighted by atomic mass is 10.1. The summed E-state index contributed by atoms with van der Waals surface area (Å²) in [6.07, 6.45) is -4.99. The van der Waals surface area contributed by atoms with Gasteiger partial charge in [-0.3, -0.25) is 14.7 Å². The number of aliphatic hydroxyl groups is 1. The minimum absolute atomic E-state index is 0.0868. The molecular weight excluding hydrogens is 409 g/mol. The fraction of sp³-hybridized carbons (Fsp3) is 0.300. The highest BCUT2D eigenvalue weighted by molar-refractivity contribution is 5.93. The van der Waals surface area contributed by atoms with Gasteiger partial charge in [-0.2, -0.15) is 13.2 Å². The Bertz CT molecular complexity index is 1110. The van der Waals surface area contributed by atoms with E-state index in [4.69, 9.17) is 0 Å². The molecule has 0 saturated heterocycles. The molecule has 2 N–H and O–H groups in total. The van der Waals surface area contributed by atoms with E-state index >= 15 is 0 Å². The Balaban J connectivity index is 2.25. The standard InChI is InChI=1S/C20H18F5N3O2/c1-10-4-15-16(8-14(10)20(23,24)25)28(13-6-11(21)5-12(22)7-13)18(26-15)27-17(29)9-19(2,3)30/h4-8,30H,9H2,1-3H3,(H,26,27,29). The Labute approximate surface area is 168 Å². The van der Waals surface area contributed by atoms with Crippen molar-refractivity contribution in [3.8, 4) is 5.69 Å². The molecule has 0 spiro atoms. The highest BCUT2D eigenvalue weighted by Crippen LogP contribution is 2.36. The molecule has 0 radical (unpaired) electrons. The largest absolute Gasteiger partial charge is 0.416 e. The highest BCUT2D eigenvalue weighted by atomic mass is 19.4. The van der Waals surface area contributed by atoms with Crippen LogP contribution in [0.5, 0.6) is 0 Å². The molecule has 0 atom stereocenters. The molecule has 5 nitrogen and oxygen atoms in total. The molecule has 1 heterocycles. The molecular formula is C20H18F5N3O2. The SMILES string of the molecule is Cc1cc2nc(NC(=O)CC(C)(C)O)n(-c3cc(F)cc(F)c3)c2cc1C(F)(F)F. The summed E-state index contributed by atoms with van der Waals surface area (Å²) in [6.45, 7) is 4.06. The van der Waals surface area contributed by atoms with Gasteiger partial charge < -0.3 is 5.11 Å². The lowest BCUT2D eigenvalue weighted by molar-refractivity contribution is -0.138. The van der Waals surface area contributed by atoms with Crippen molar-refractivity contribution in [2.24, 2.45) is 0 Å². The van der Waals surface area contributed by atoms with Gasteiger partial charge in [-0.25, -0.2) is 13.8 Å². The monoisotopic (exact) mass is 427 g/mol. The van der Waals surface area contributed by atoms with Crippen LogP contribution in [0.15, 0.2) is 30.3 Å². The molecule has 0 aliphatic carbocycles. The Morgan fingerprint density at radius 1 is 1.10 bits per heavy atom. The summed E-state index contributed by atoms with van der Waals surface area (Å²) in [5, 5.41) is 12.2. The maximum atomic E-state index is 13.8. The fourth-order valence-corrected chi connectivity index (χ4v) is 3.11. The average Bonchev–Trinajstić information content (AvgIpc) is 2.86. The minimum Gasteiger partial charge on any atom is -0.390 e. The lowest BCUT2D eigenvalue weighted by Crippen LogP contribution is -2.28. The van der Waals surface area contributed by atoms with Crippen LogP contribution in [0.4, 0.5) is 27.9 Å². The molecule has 0 aliphatic heterocycles. The topological polar surface area (TPSA) is 67.2 Å². The van der Waals surface area contributed by atoms with Crippen molar-refractivity contribution >= 4 is 22.9 Å². The first kappa shape index (κ1) is 21.7. The van der Waals surface area contributed by atoms with Crippen molar-refractivity contribution in [3.05, 3.63) is 53.1 Å². The smallest absolute Gasteiger partial charge is 0.390 e. The zero-order chi connectivity index (χ0) is 22.4. The fourth-order valence-electron chi connectivity index (χ4n) is 3.11. The Morgan fingerprint density at radius 3 is 2.23 bits per heavy atom. The summed E-state index contributed by atoms with van der Waals surface area (Å²) in [5.74, 6) is -2.82. The van der Waals surface area contributed by atoms with Crippen LogP contribution in [0.1, 0.15) is 31.4 Å². The molecule has 3 rings (SSSR count). The van der Waals surface area contributed by atoms with Crippen molar-refractivity contribution in [2.45, 2.75) is 39.0 Å². The van der Waals surface area contributed by atoms with Gasteiger partial charge >= 0.3 is 6.18 Å². The summed E-state index contributed by atoms with van der Waals surface area (Å²) in [7, 11) is 0. The van der Waals surface area contributed by atoms with E-state index in [2.05, 4.69) is 10.3 Å². The van der Waals surface area contributed by atoms with Crippen LogP contribution >= 0.6 is 0 Å². The number of aromatic nitrogens is 2. The first-order chi connectivity index (χ1) is 13.7. The van der Waals surface area contributed by atoms with Crippen molar-refractivity contribution in [1.82, 2.24) is 9.55 Å².